The van der Waals surface area contributed by atoms with Crippen molar-refractivity contribution in [2.24, 2.45) is 0 Å². The monoisotopic (exact) mass is 334 g/mol. The lowest BCUT2D eigenvalue weighted by Crippen LogP contribution is -2.19. The van der Waals surface area contributed by atoms with Gasteiger partial charge < -0.3 is 10.2 Å². The second-order valence-electron chi connectivity index (χ2n) is 4.66. The fourth-order valence-electron chi connectivity index (χ4n) is 1.89. The van der Waals surface area contributed by atoms with Crippen molar-refractivity contribution < 1.29 is 0 Å². The summed E-state index contributed by atoms with van der Waals surface area (Å²) in [7, 11) is 2.00. The molecule has 1 aromatic heterocycles. The highest BCUT2D eigenvalue weighted by molar-refractivity contribution is 9.10. The molecule has 0 spiro atoms. The number of nitrogens with one attached hydrogen (secondary N) is 1. The average molecular weight is 335 g/mol. The van der Waals surface area contributed by atoms with Gasteiger partial charge in [0.05, 0.1) is 0 Å². The van der Waals surface area contributed by atoms with Gasteiger partial charge in [-0.3, -0.25) is 0 Å². The molecule has 0 amide bonds. The Morgan fingerprint density at radius 1 is 1.20 bits per heavy atom. The normalized spacial score (nSPS) is 10.6. The Morgan fingerprint density at radius 3 is 2.60 bits per heavy atom. The maximum atomic E-state index is 4.41. The highest BCUT2D eigenvalue weighted by Crippen LogP contribution is 2.15. The summed E-state index contributed by atoms with van der Waals surface area (Å²) in [4.78, 5) is 10.9. The second-order valence-corrected chi connectivity index (χ2v) is 5.57. The van der Waals surface area contributed by atoms with Crippen LogP contribution in [0.1, 0.15) is 18.1 Å². The van der Waals surface area contributed by atoms with E-state index in [0.717, 1.165) is 35.6 Å². The summed E-state index contributed by atoms with van der Waals surface area (Å²) >= 11 is 3.49. The third kappa shape index (κ3) is 4.28. The first-order valence-corrected chi connectivity index (χ1v) is 7.45. The van der Waals surface area contributed by atoms with Crippen molar-refractivity contribution in [1.82, 2.24) is 15.3 Å². The van der Waals surface area contributed by atoms with Gasteiger partial charge in [0, 0.05) is 42.6 Å². The zero-order valence-electron chi connectivity index (χ0n) is 11.8. The zero-order chi connectivity index (χ0) is 14.4. The average Bonchev–Trinajstić information content (AvgIpc) is 2.45. The highest BCUT2D eigenvalue weighted by atomic mass is 79.9. The van der Waals surface area contributed by atoms with Gasteiger partial charge in [0.25, 0.3) is 0 Å². The minimum Gasteiger partial charge on any atom is -0.340 e. The summed E-state index contributed by atoms with van der Waals surface area (Å²) in [6.45, 7) is 4.63. The van der Waals surface area contributed by atoms with Crippen molar-refractivity contribution in [2.75, 3.05) is 18.5 Å². The topological polar surface area (TPSA) is 41.1 Å². The Labute approximate surface area is 128 Å². The molecule has 0 atom stereocenters. The third-order valence-corrected chi connectivity index (χ3v) is 3.41. The molecule has 20 heavy (non-hydrogen) atoms. The van der Waals surface area contributed by atoms with Gasteiger partial charge in [0.2, 0.25) is 5.95 Å². The van der Waals surface area contributed by atoms with Crippen LogP contribution in [0, 0.1) is 0 Å². The molecule has 2 rings (SSSR count). The first-order chi connectivity index (χ1) is 9.69. The smallest absolute Gasteiger partial charge is 0.225 e. The number of hydrogen-bond acceptors (Lipinski definition) is 4. The van der Waals surface area contributed by atoms with Crippen LogP contribution in [0.25, 0.3) is 0 Å². The number of hydrogen-bond donors (Lipinski definition) is 1. The molecule has 5 heteroatoms. The molecule has 0 aliphatic heterocycles. The number of benzene rings is 1. The molecule has 0 saturated heterocycles. The number of anilines is 1. The highest BCUT2D eigenvalue weighted by Gasteiger charge is 2.05. The van der Waals surface area contributed by atoms with Gasteiger partial charge in [0.1, 0.15) is 0 Å². The van der Waals surface area contributed by atoms with E-state index in [-0.39, 0.29) is 0 Å². The molecule has 0 radical (unpaired) electrons. The SMILES string of the molecule is CCNCc1cnc(N(C)Cc2cccc(Br)c2)nc1. The third-order valence-electron chi connectivity index (χ3n) is 2.92. The predicted molar refractivity (Wildman–Crippen MR) is 85.7 cm³/mol. The summed E-state index contributed by atoms with van der Waals surface area (Å²) in [6.07, 6.45) is 3.75. The lowest BCUT2D eigenvalue weighted by atomic mass is 10.2. The molecule has 1 aromatic carbocycles. The van der Waals surface area contributed by atoms with Crippen molar-refractivity contribution in [1.29, 1.82) is 0 Å². The summed E-state index contributed by atoms with van der Waals surface area (Å²) in [6, 6.07) is 8.26. The molecule has 106 valence electrons. The Hall–Kier alpha value is -1.46. The van der Waals surface area contributed by atoms with E-state index in [9.17, 15) is 0 Å². The molecule has 0 aliphatic rings. The quantitative estimate of drug-likeness (QED) is 0.881. The lowest BCUT2D eigenvalue weighted by molar-refractivity contribution is 0.719. The van der Waals surface area contributed by atoms with Gasteiger partial charge in [-0.2, -0.15) is 0 Å². The Bertz CT molecular complexity index is 542. The van der Waals surface area contributed by atoms with Crippen LogP contribution in [0.3, 0.4) is 0 Å². The first kappa shape index (κ1) is 14.9. The minimum absolute atomic E-state index is 0.741. The van der Waals surface area contributed by atoms with E-state index in [0.29, 0.717) is 0 Å². The Kier molecular flexibility index (Phi) is 5.49. The number of rotatable bonds is 6. The van der Waals surface area contributed by atoms with Crippen molar-refractivity contribution in [3.05, 3.63) is 52.3 Å². The molecular weight excluding hydrogens is 316 g/mol. The Balaban J connectivity index is 2.00. The molecule has 0 aliphatic carbocycles. The van der Waals surface area contributed by atoms with E-state index in [4.69, 9.17) is 0 Å². The second kappa shape index (κ2) is 7.36. The molecule has 1 N–H and O–H groups in total. The van der Waals surface area contributed by atoms with Crippen LogP contribution in [-0.2, 0) is 13.1 Å². The summed E-state index contributed by atoms with van der Waals surface area (Å²) in [5, 5.41) is 3.26. The van der Waals surface area contributed by atoms with Crippen molar-refractivity contribution in [3.63, 3.8) is 0 Å². The van der Waals surface area contributed by atoms with Crippen molar-refractivity contribution in [2.45, 2.75) is 20.0 Å². The molecule has 1 heterocycles. The van der Waals surface area contributed by atoms with Crippen LogP contribution in [-0.4, -0.2) is 23.6 Å². The molecule has 0 unspecified atom stereocenters. The minimum atomic E-state index is 0.741. The molecule has 0 saturated carbocycles. The van der Waals surface area contributed by atoms with Crippen molar-refractivity contribution >= 4 is 21.9 Å². The first-order valence-electron chi connectivity index (χ1n) is 6.66. The van der Waals surface area contributed by atoms with Crippen LogP contribution >= 0.6 is 15.9 Å². The molecule has 2 aromatic rings. The van der Waals surface area contributed by atoms with Crippen molar-refractivity contribution in [3.8, 4) is 0 Å². The largest absolute Gasteiger partial charge is 0.340 e. The van der Waals surface area contributed by atoms with Gasteiger partial charge in [-0.1, -0.05) is 35.0 Å². The van der Waals surface area contributed by atoms with E-state index in [1.807, 2.05) is 36.5 Å². The van der Waals surface area contributed by atoms with Gasteiger partial charge in [-0.05, 0) is 24.2 Å². The van der Waals surface area contributed by atoms with Crippen LogP contribution in [0.4, 0.5) is 5.95 Å². The van der Waals surface area contributed by atoms with Crippen LogP contribution in [0.15, 0.2) is 41.1 Å². The van der Waals surface area contributed by atoms with E-state index < -0.39 is 0 Å². The zero-order valence-corrected chi connectivity index (χ0v) is 13.4. The molecule has 0 bridgehead atoms. The molecule has 4 nitrogen and oxygen atoms in total. The van der Waals surface area contributed by atoms with Gasteiger partial charge in [0.15, 0.2) is 0 Å². The molecule has 0 fully saturated rings. The predicted octanol–water partition coefficient (Wildman–Crippen LogP) is 2.99. The van der Waals surface area contributed by atoms with Gasteiger partial charge in [-0.15, -0.1) is 0 Å². The Morgan fingerprint density at radius 2 is 1.95 bits per heavy atom. The molecular formula is C15H19BrN4. The van der Waals surface area contributed by atoms with Crippen LogP contribution < -0.4 is 10.2 Å². The maximum Gasteiger partial charge on any atom is 0.225 e. The van der Waals surface area contributed by atoms with E-state index >= 15 is 0 Å². The number of halogens is 1. The van der Waals surface area contributed by atoms with Gasteiger partial charge in [-0.25, -0.2) is 9.97 Å². The van der Waals surface area contributed by atoms with Crippen LogP contribution in [0.5, 0.6) is 0 Å². The standard InChI is InChI=1S/C15H19BrN4/c1-3-17-8-13-9-18-15(19-10-13)20(2)11-12-5-4-6-14(16)7-12/h4-7,9-10,17H,3,8,11H2,1-2H3. The van der Waals surface area contributed by atoms with E-state index in [1.165, 1.54) is 5.56 Å². The fourth-order valence-corrected chi connectivity index (χ4v) is 2.33. The van der Waals surface area contributed by atoms with Crippen LogP contribution in [0.2, 0.25) is 0 Å². The maximum absolute atomic E-state index is 4.41. The summed E-state index contributed by atoms with van der Waals surface area (Å²) < 4.78 is 1.09. The summed E-state index contributed by atoms with van der Waals surface area (Å²) in [5.41, 5.74) is 2.33. The van der Waals surface area contributed by atoms with Gasteiger partial charge >= 0.3 is 0 Å². The number of aromatic nitrogens is 2. The lowest BCUT2D eigenvalue weighted by Gasteiger charge is -2.17. The fraction of sp³-hybridized carbons (Fsp3) is 0.333. The van der Waals surface area contributed by atoms with E-state index in [1.54, 1.807) is 0 Å². The van der Waals surface area contributed by atoms with E-state index in [2.05, 4.69) is 50.3 Å². The summed E-state index contributed by atoms with van der Waals surface area (Å²) in [5.74, 6) is 0.741. The number of nitrogens with zero attached hydrogens (tertiary/aromatic N) is 3.